The zero-order valence-corrected chi connectivity index (χ0v) is 26.8. The molecule has 12 heteroatoms. The summed E-state index contributed by atoms with van der Waals surface area (Å²) in [5, 5.41) is 21.3. The lowest BCUT2D eigenvalue weighted by Crippen LogP contribution is -2.52. The van der Waals surface area contributed by atoms with Gasteiger partial charge < -0.3 is 35.5 Å². The summed E-state index contributed by atoms with van der Waals surface area (Å²) in [6.07, 6.45) is 1.47. The Labute approximate surface area is 278 Å². The number of benzene rings is 3. The minimum atomic E-state index is -1.22. The number of aromatic nitrogens is 1. The van der Waals surface area contributed by atoms with Crippen molar-refractivity contribution in [1.29, 1.82) is 0 Å². The lowest BCUT2D eigenvalue weighted by Gasteiger charge is -2.23. The number of carbonyl (C=O) groups is 4. The molecule has 1 aliphatic rings. The fourth-order valence-corrected chi connectivity index (χ4v) is 5.44. The molecule has 4 amide bonds. The van der Waals surface area contributed by atoms with E-state index in [1.807, 2.05) is 60.7 Å². The van der Waals surface area contributed by atoms with E-state index in [4.69, 9.17) is 9.15 Å². The number of amides is 4. The summed E-state index contributed by atoms with van der Waals surface area (Å²) >= 11 is 0. The Morgan fingerprint density at radius 1 is 0.979 bits per heavy atom. The molecule has 0 spiro atoms. The second kappa shape index (κ2) is 15.9. The van der Waals surface area contributed by atoms with Crippen molar-refractivity contribution in [2.24, 2.45) is 0 Å². The van der Waals surface area contributed by atoms with Crippen molar-refractivity contribution in [1.82, 2.24) is 26.3 Å². The third-order valence-electron chi connectivity index (χ3n) is 8.07. The molecule has 5 N–H and O–H groups in total. The zero-order valence-electron chi connectivity index (χ0n) is 26.8. The summed E-state index contributed by atoms with van der Waals surface area (Å²) < 4.78 is 11.0. The van der Waals surface area contributed by atoms with E-state index in [0.29, 0.717) is 24.2 Å². The Hall–Kier alpha value is -5.49. The number of nitrogens with zero attached hydrogens (tertiary/aromatic N) is 1. The van der Waals surface area contributed by atoms with E-state index < -0.39 is 47.9 Å². The number of carbonyl (C=O) groups excluding carboxylic acids is 4. The van der Waals surface area contributed by atoms with Crippen LogP contribution in [-0.4, -0.2) is 65.6 Å². The first-order valence-electron chi connectivity index (χ1n) is 15.8. The van der Waals surface area contributed by atoms with Crippen LogP contribution in [0, 0.1) is 0 Å². The monoisotopic (exact) mass is 653 g/mol. The van der Waals surface area contributed by atoms with Gasteiger partial charge >= 0.3 is 0 Å². The molecule has 1 aromatic heterocycles. The molecule has 12 nitrogen and oxygen atoms in total. The van der Waals surface area contributed by atoms with Gasteiger partial charge in [-0.3, -0.25) is 19.2 Å². The van der Waals surface area contributed by atoms with Gasteiger partial charge in [-0.25, -0.2) is 4.98 Å². The summed E-state index contributed by atoms with van der Waals surface area (Å²) in [6, 6.07) is 21.0. The normalized spacial score (nSPS) is 19.7. The number of fused-ring (bicyclic) bond motifs is 2. The fraction of sp³-hybridized carbons (Fsp3) is 0.306. The zero-order chi connectivity index (χ0) is 34.0. The van der Waals surface area contributed by atoms with Crippen molar-refractivity contribution in [3.05, 3.63) is 108 Å². The van der Waals surface area contributed by atoms with Crippen molar-refractivity contribution in [3.63, 3.8) is 0 Å². The minimum absolute atomic E-state index is 0.0681. The van der Waals surface area contributed by atoms with E-state index in [1.165, 1.54) is 6.92 Å². The topological polar surface area (TPSA) is 172 Å². The molecule has 0 saturated heterocycles. The predicted molar refractivity (Wildman–Crippen MR) is 177 cm³/mol. The van der Waals surface area contributed by atoms with Gasteiger partial charge in [0.25, 0.3) is 11.8 Å². The highest BCUT2D eigenvalue weighted by Crippen LogP contribution is 2.25. The molecule has 0 fully saturated rings. The SMILES string of the molecule is COc1cccc(-c2cccc(C(=O)N[C@H]3CCCCNC(=O)[C@H]([C@@H](C)O)NC(=O)c4coc(n4)[C@H](Cc4ccccc4)NC3=O)c2)c1. The molecule has 3 aromatic carbocycles. The van der Waals surface area contributed by atoms with Crippen molar-refractivity contribution < 1.29 is 33.4 Å². The van der Waals surface area contributed by atoms with Crippen molar-refractivity contribution in [2.75, 3.05) is 13.7 Å². The molecule has 2 heterocycles. The van der Waals surface area contributed by atoms with E-state index in [1.54, 1.807) is 25.3 Å². The van der Waals surface area contributed by atoms with Crippen LogP contribution in [0.25, 0.3) is 11.1 Å². The van der Waals surface area contributed by atoms with Crippen LogP contribution in [0.1, 0.15) is 64.5 Å². The van der Waals surface area contributed by atoms with Crippen LogP contribution in [0.15, 0.2) is 89.5 Å². The first kappa shape index (κ1) is 33.9. The smallest absolute Gasteiger partial charge is 0.273 e. The largest absolute Gasteiger partial charge is 0.497 e. The van der Waals surface area contributed by atoms with Crippen LogP contribution in [0.5, 0.6) is 5.75 Å². The van der Waals surface area contributed by atoms with Crippen molar-refractivity contribution in [3.8, 4) is 16.9 Å². The van der Waals surface area contributed by atoms with Gasteiger partial charge in [0.15, 0.2) is 5.69 Å². The van der Waals surface area contributed by atoms with Crippen LogP contribution in [0.4, 0.5) is 0 Å². The van der Waals surface area contributed by atoms with Gasteiger partial charge in [-0.1, -0.05) is 54.6 Å². The average molecular weight is 654 g/mol. The van der Waals surface area contributed by atoms with Gasteiger partial charge in [0.05, 0.1) is 13.2 Å². The third kappa shape index (κ3) is 8.65. The van der Waals surface area contributed by atoms with E-state index >= 15 is 0 Å². The number of hydrogen-bond acceptors (Lipinski definition) is 8. The Morgan fingerprint density at radius 3 is 2.48 bits per heavy atom. The summed E-state index contributed by atoms with van der Waals surface area (Å²) in [5.41, 5.74) is 2.80. The van der Waals surface area contributed by atoms with Crippen LogP contribution in [0.2, 0.25) is 0 Å². The molecule has 48 heavy (non-hydrogen) atoms. The summed E-state index contributed by atoms with van der Waals surface area (Å²) in [4.78, 5) is 57.7. The molecule has 0 aliphatic carbocycles. The van der Waals surface area contributed by atoms with Gasteiger partial charge in [-0.05, 0) is 67.1 Å². The predicted octanol–water partition coefficient (Wildman–Crippen LogP) is 3.33. The second-order valence-corrected chi connectivity index (χ2v) is 11.6. The number of aliphatic hydroxyl groups excluding tert-OH is 1. The molecule has 4 aromatic rings. The van der Waals surface area contributed by atoms with Gasteiger partial charge in [-0.15, -0.1) is 0 Å². The number of methoxy groups -OCH3 is 1. The number of aliphatic hydroxyl groups is 1. The molecule has 4 atom stereocenters. The highest BCUT2D eigenvalue weighted by molar-refractivity contribution is 5.99. The maximum absolute atomic E-state index is 13.9. The summed E-state index contributed by atoms with van der Waals surface area (Å²) in [7, 11) is 1.59. The summed E-state index contributed by atoms with van der Waals surface area (Å²) in [6.45, 7) is 1.63. The Morgan fingerprint density at radius 2 is 1.73 bits per heavy atom. The van der Waals surface area contributed by atoms with Crippen LogP contribution >= 0.6 is 0 Å². The molecule has 0 saturated carbocycles. The quantitative estimate of drug-likeness (QED) is 0.202. The lowest BCUT2D eigenvalue weighted by molar-refractivity contribution is -0.125. The molecule has 1 aliphatic heterocycles. The fourth-order valence-electron chi connectivity index (χ4n) is 5.44. The molecule has 2 bridgehead atoms. The van der Waals surface area contributed by atoms with E-state index in [-0.39, 0.29) is 31.0 Å². The average Bonchev–Trinajstić information content (AvgIpc) is 3.60. The minimum Gasteiger partial charge on any atom is -0.497 e. The maximum atomic E-state index is 13.9. The highest BCUT2D eigenvalue weighted by atomic mass is 16.5. The number of oxazole rings is 1. The molecular weight excluding hydrogens is 614 g/mol. The molecule has 0 radical (unpaired) electrons. The number of rotatable bonds is 7. The van der Waals surface area contributed by atoms with Crippen LogP contribution in [-0.2, 0) is 16.0 Å². The summed E-state index contributed by atoms with van der Waals surface area (Å²) in [5.74, 6) is -1.41. The maximum Gasteiger partial charge on any atom is 0.273 e. The second-order valence-electron chi connectivity index (χ2n) is 11.6. The van der Waals surface area contributed by atoms with Gasteiger partial charge in [0.1, 0.15) is 30.1 Å². The Balaban J connectivity index is 1.42. The van der Waals surface area contributed by atoms with Crippen molar-refractivity contribution >= 4 is 23.6 Å². The van der Waals surface area contributed by atoms with E-state index in [9.17, 15) is 24.3 Å². The number of nitrogens with one attached hydrogen (secondary N) is 4. The van der Waals surface area contributed by atoms with E-state index in [0.717, 1.165) is 23.0 Å². The van der Waals surface area contributed by atoms with Gasteiger partial charge in [-0.2, -0.15) is 0 Å². The molecule has 0 unspecified atom stereocenters. The van der Waals surface area contributed by atoms with Crippen molar-refractivity contribution in [2.45, 2.75) is 56.8 Å². The Bertz CT molecular complexity index is 1740. The third-order valence-corrected chi connectivity index (χ3v) is 8.07. The first-order valence-corrected chi connectivity index (χ1v) is 15.8. The molecule has 250 valence electrons. The standard InChI is InChI=1S/C36H39N5O7/c1-22(42)31-35(46)37-17-7-6-16-28(38-32(43)26-14-8-12-24(19-26)25-13-9-15-27(20-25)47-2)33(44)39-29(18-23-10-4-3-5-11-23)36-40-30(21-48-36)34(45)41-31/h3-5,8-15,19-22,28-29,31,42H,6-7,16-18H2,1-2H3,(H,37,46)(H,38,43)(H,39,44)(H,41,45)/t22-,28+,29+,31+/m1/s1. The number of hydrogen-bond donors (Lipinski definition) is 5. The molecule has 5 rings (SSSR count). The first-order chi connectivity index (χ1) is 23.2. The molecular formula is C36H39N5O7. The van der Waals surface area contributed by atoms with Crippen LogP contribution in [0.3, 0.4) is 0 Å². The van der Waals surface area contributed by atoms with Gasteiger partial charge in [0, 0.05) is 18.5 Å². The number of ether oxygens (including phenoxy) is 1. The van der Waals surface area contributed by atoms with Gasteiger partial charge in [0.2, 0.25) is 17.7 Å². The Kier molecular flexibility index (Phi) is 11.2. The van der Waals surface area contributed by atoms with E-state index in [2.05, 4.69) is 26.3 Å². The lowest BCUT2D eigenvalue weighted by atomic mass is 10.0. The highest BCUT2D eigenvalue weighted by Gasteiger charge is 2.30. The van der Waals surface area contributed by atoms with Crippen LogP contribution < -0.4 is 26.0 Å².